The predicted octanol–water partition coefficient (Wildman–Crippen LogP) is 2.29. The van der Waals surface area contributed by atoms with Crippen molar-refractivity contribution in [2.24, 2.45) is 0 Å². The number of hydrogen-bond donors (Lipinski definition) is 2. The van der Waals surface area contributed by atoms with Gasteiger partial charge in [-0.15, -0.1) is 23.1 Å². The number of thioether (sulfide) groups is 1. The summed E-state index contributed by atoms with van der Waals surface area (Å²) in [7, 11) is 0. The number of carboxylic acids is 1. The highest BCUT2D eigenvalue weighted by atomic mass is 32.2. The van der Waals surface area contributed by atoms with Crippen molar-refractivity contribution in [3.63, 3.8) is 0 Å². The number of aliphatic carboxylic acids is 1. The maximum absolute atomic E-state index is 10.9. The number of carboxylic acid groups (broad SMARTS) is 1. The Morgan fingerprint density at radius 3 is 3.07 bits per heavy atom. The first-order valence-corrected chi connectivity index (χ1v) is 6.73. The lowest BCUT2D eigenvalue weighted by atomic mass is 10.3. The highest BCUT2D eigenvalue weighted by molar-refractivity contribution is 8.01. The molecule has 3 nitrogen and oxygen atoms in total. The molecule has 15 heavy (non-hydrogen) atoms. The van der Waals surface area contributed by atoms with Crippen LogP contribution in [0.1, 0.15) is 13.3 Å². The van der Waals surface area contributed by atoms with Gasteiger partial charge in [-0.05, 0) is 24.4 Å². The summed E-state index contributed by atoms with van der Waals surface area (Å²) in [5.41, 5.74) is 0. The van der Waals surface area contributed by atoms with Crippen molar-refractivity contribution in [3.8, 4) is 0 Å². The zero-order valence-electron chi connectivity index (χ0n) is 8.60. The van der Waals surface area contributed by atoms with E-state index in [0.29, 0.717) is 5.75 Å². The highest BCUT2D eigenvalue weighted by Crippen LogP contribution is 2.23. The maximum atomic E-state index is 10.9. The second-order valence-electron chi connectivity index (χ2n) is 3.09. The molecule has 0 aliphatic carbocycles. The molecule has 1 aromatic rings. The molecule has 1 unspecified atom stereocenters. The van der Waals surface area contributed by atoms with Crippen LogP contribution in [0, 0.1) is 0 Å². The molecule has 0 radical (unpaired) electrons. The number of thiophene rings is 1. The fraction of sp³-hybridized carbons (Fsp3) is 0.500. The Labute approximate surface area is 97.9 Å². The highest BCUT2D eigenvalue weighted by Gasteiger charge is 2.16. The first-order valence-electron chi connectivity index (χ1n) is 4.86. The van der Waals surface area contributed by atoms with Gasteiger partial charge >= 0.3 is 5.97 Å². The molecule has 1 atom stereocenters. The van der Waals surface area contributed by atoms with Crippen LogP contribution in [0.5, 0.6) is 0 Å². The lowest BCUT2D eigenvalue weighted by molar-refractivity contribution is -0.138. The van der Waals surface area contributed by atoms with Crippen LogP contribution in [-0.4, -0.2) is 29.4 Å². The van der Waals surface area contributed by atoms with Gasteiger partial charge < -0.3 is 10.4 Å². The third-order valence-corrected chi connectivity index (χ3v) is 4.05. The minimum Gasteiger partial charge on any atom is -0.480 e. The Bertz CT molecular complexity index is 288. The minimum atomic E-state index is -0.771. The Morgan fingerprint density at radius 1 is 1.73 bits per heavy atom. The van der Waals surface area contributed by atoms with Gasteiger partial charge in [0.15, 0.2) is 0 Å². The van der Waals surface area contributed by atoms with Gasteiger partial charge in [-0.3, -0.25) is 4.79 Å². The van der Waals surface area contributed by atoms with Crippen LogP contribution in [0.3, 0.4) is 0 Å². The maximum Gasteiger partial charge on any atom is 0.321 e. The van der Waals surface area contributed by atoms with Gasteiger partial charge in [-0.1, -0.05) is 13.0 Å². The molecule has 0 saturated carbocycles. The minimum absolute atomic E-state index is 0.447. The van der Waals surface area contributed by atoms with Crippen LogP contribution in [-0.2, 0) is 4.79 Å². The monoisotopic (exact) mass is 245 g/mol. The molecule has 84 valence electrons. The van der Waals surface area contributed by atoms with Crippen LogP contribution in [0.25, 0.3) is 0 Å². The molecule has 0 bridgehead atoms. The lowest BCUT2D eigenvalue weighted by Gasteiger charge is -2.12. The van der Waals surface area contributed by atoms with Crippen LogP contribution in [0.15, 0.2) is 21.7 Å². The summed E-state index contributed by atoms with van der Waals surface area (Å²) in [4.78, 5) is 10.9. The van der Waals surface area contributed by atoms with Crippen LogP contribution in [0.4, 0.5) is 0 Å². The van der Waals surface area contributed by atoms with E-state index in [4.69, 9.17) is 5.11 Å². The van der Waals surface area contributed by atoms with Crippen molar-refractivity contribution in [2.45, 2.75) is 23.6 Å². The first-order chi connectivity index (χ1) is 7.24. The molecule has 0 aliphatic heterocycles. The molecule has 0 amide bonds. The Morgan fingerprint density at radius 2 is 2.53 bits per heavy atom. The number of carbonyl (C=O) groups is 1. The summed E-state index contributed by atoms with van der Waals surface area (Å²) in [6, 6.07) is 3.54. The second kappa shape index (κ2) is 6.87. The first kappa shape index (κ1) is 12.5. The Kier molecular flexibility index (Phi) is 5.75. The summed E-state index contributed by atoms with van der Waals surface area (Å²) in [6.07, 6.45) is 0.952. The fourth-order valence-corrected chi connectivity index (χ4v) is 2.90. The molecule has 0 saturated heterocycles. The van der Waals surface area contributed by atoms with E-state index in [1.165, 1.54) is 4.21 Å². The van der Waals surface area contributed by atoms with Crippen molar-refractivity contribution in [1.29, 1.82) is 0 Å². The zero-order valence-corrected chi connectivity index (χ0v) is 10.2. The molecule has 0 aromatic carbocycles. The van der Waals surface area contributed by atoms with E-state index < -0.39 is 12.0 Å². The smallest absolute Gasteiger partial charge is 0.321 e. The summed E-state index contributed by atoms with van der Waals surface area (Å²) in [5.74, 6) is -0.192. The Hall–Kier alpha value is -0.520. The van der Waals surface area contributed by atoms with Gasteiger partial charge in [0.2, 0.25) is 0 Å². The largest absolute Gasteiger partial charge is 0.480 e. The quantitative estimate of drug-likeness (QED) is 0.724. The summed E-state index contributed by atoms with van der Waals surface area (Å²) in [5, 5.41) is 14.0. The van der Waals surface area contributed by atoms with Gasteiger partial charge in [0.25, 0.3) is 0 Å². The molecule has 1 rings (SSSR count). The predicted molar refractivity (Wildman–Crippen MR) is 64.8 cm³/mol. The molecule has 0 spiro atoms. The molecule has 1 aromatic heterocycles. The second-order valence-corrected chi connectivity index (χ2v) is 5.36. The van der Waals surface area contributed by atoms with E-state index in [1.807, 2.05) is 24.4 Å². The molecular formula is C10H15NO2S2. The molecule has 1 heterocycles. The van der Waals surface area contributed by atoms with E-state index in [9.17, 15) is 4.79 Å². The third-order valence-electron chi connectivity index (χ3n) is 1.83. The van der Waals surface area contributed by atoms with Crippen LogP contribution >= 0.6 is 23.1 Å². The third kappa shape index (κ3) is 4.68. The standard InChI is InChI=1S/C10H15NO2S2/c1-2-5-11-8(10(12)13)7-15-9-4-3-6-14-9/h3-4,6,8,11H,2,5,7H2,1H3,(H,12,13). The van der Waals surface area contributed by atoms with Crippen molar-refractivity contribution >= 4 is 29.1 Å². The van der Waals surface area contributed by atoms with E-state index in [1.54, 1.807) is 23.1 Å². The van der Waals surface area contributed by atoms with E-state index in [-0.39, 0.29) is 0 Å². The van der Waals surface area contributed by atoms with Crippen molar-refractivity contribution in [2.75, 3.05) is 12.3 Å². The Balaban J connectivity index is 2.34. The van der Waals surface area contributed by atoms with Crippen LogP contribution < -0.4 is 5.32 Å². The summed E-state index contributed by atoms with van der Waals surface area (Å²) >= 11 is 3.23. The van der Waals surface area contributed by atoms with Gasteiger partial charge in [0.1, 0.15) is 6.04 Å². The van der Waals surface area contributed by atoms with Gasteiger partial charge in [-0.25, -0.2) is 0 Å². The number of hydrogen-bond acceptors (Lipinski definition) is 4. The molecule has 2 N–H and O–H groups in total. The number of rotatable bonds is 7. The lowest BCUT2D eigenvalue weighted by Crippen LogP contribution is -2.39. The van der Waals surface area contributed by atoms with Crippen LogP contribution in [0.2, 0.25) is 0 Å². The average molecular weight is 245 g/mol. The number of nitrogens with one attached hydrogen (secondary N) is 1. The summed E-state index contributed by atoms with van der Waals surface area (Å²) in [6.45, 7) is 2.78. The SMILES string of the molecule is CCCNC(CSc1cccs1)C(=O)O. The topological polar surface area (TPSA) is 49.3 Å². The van der Waals surface area contributed by atoms with E-state index in [0.717, 1.165) is 13.0 Å². The van der Waals surface area contributed by atoms with Gasteiger partial charge in [0.05, 0.1) is 4.21 Å². The fourth-order valence-electron chi connectivity index (χ4n) is 1.05. The molecule has 0 fully saturated rings. The van der Waals surface area contributed by atoms with Crippen molar-refractivity contribution in [3.05, 3.63) is 17.5 Å². The van der Waals surface area contributed by atoms with Gasteiger partial charge in [0, 0.05) is 5.75 Å². The normalized spacial score (nSPS) is 12.6. The van der Waals surface area contributed by atoms with E-state index in [2.05, 4.69) is 5.32 Å². The summed E-state index contributed by atoms with van der Waals surface area (Å²) < 4.78 is 1.17. The van der Waals surface area contributed by atoms with Gasteiger partial charge in [-0.2, -0.15) is 0 Å². The molecule has 0 aliphatic rings. The average Bonchev–Trinajstić information content (AvgIpc) is 2.70. The van der Waals surface area contributed by atoms with E-state index >= 15 is 0 Å². The van der Waals surface area contributed by atoms with Crippen molar-refractivity contribution < 1.29 is 9.90 Å². The zero-order chi connectivity index (χ0) is 11.1. The molecule has 5 heteroatoms. The molecular weight excluding hydrogens is 230 g/mol. The van der Waals surface area contributed by atoms with Crippen molar-refractivity contribution in [1.82, 2.24) is 5.32 Å².